The Labute approximate surface area is 151 Å². The van der Waals surface area contributed by atoms with Gasteiger partial charge in [0.1, 0.15) is 5.75 Å². The summed E-state index contributed by atoms with van der Waals surface area (Å²) in [5, 5.41) is 9.79. The van der Waals surface area contributed by atoms with E-state index in [0.29, 0.717) is 17.0 Å². The predicted octanol–water partition coefficient (Wildman–Crippen LogP) is 2.31. The molecule has 2 rings (SSSR count). The zero-order chi connectivity index (χ0) is 19.1. The summed E-state index contributed by atoms with van der Waals surface area (Å²) in [7, 11) is 3.36. The van der Waals surface area contributed by atoms with Gasteiger partial charge < -0.3 is 20.7 Å². The molecule has 26 heavy (non-hydrogen) atoms. The Balaban J connectivity index is 1.98. The van der Waals surface area contributed by atoms with Crippen LogP contribution in [0.15, 0.2) is 54.6 Å². The summed E-state index contributed by atoms with van der Waals surface area (Å²) in [4.78, 5) is 25.1. The molecule has 0 bridgehead atoms. The minimum Gasteiger partial charge on any atom is -0.423 e. The van der Waals surface area contributed by atoms with Crippen LogP contribution < -0.4 is 15.8 Å². The Morgan fingerprint density at radius 3 is 2.23 bits per heavy atom. The number of amides is 1. The van der Waals surface area contributed by atoms with E-state index >= 15 is 0 Å². The second kappa shape index (κ2) is 8.48. The van der Waals surface area contributed by atoms with Crippen molar-refractivity contribution in [1.82, 2.24) is 4.90 Å². The molecule has 0 heterocycles. The third kappa shape index (κ3) is 5.48. The molecule has 0 unspecified atom stereocenters. The number of rotatable bonds is 5. The highest BCUT2D eigenvalue weighted by Crippen LogP contribution is 2.16. The predicted molar refractivity (Wildman–Crippen MR) is 101 cm³/mol. The lowest BCUT2D eigenvalue weighted by molar-refractivity contribution is -0.123. The molecule has 0 saturated carbocycles. The van der Waals surface area contributed by atoms with E-state index in [1.54, 1.807) is 68.7 Å². The molecule has 0 radical (unpaired) electrons. The first-order chi connectivity index (χ1) is 12.3. The lowest BCUT2D eigenvalue weighted by Crippen LogP contribution is -2.20. The maximum atomic E-state index is 12.1. The lowest BCUT2D eigenvalue weighted by Gasteiger charge is -2.07. The molecule has 7 nitrogen and oxygen atoms in total. The summed E-state index contributed by atoms with van der Waals surface area (Å²) in [5.41, 5.74) is 7.05. The van der Waals surface area contributed by atoms with E-state index in [2.05, 4.69) is 5.32 Å². The van der Waals surface area contributed by atoms with Crippen molar-refractivity contribution in [2.24, 2.45) is 5.73 Å². The first-order valence-corrected chi connectivity index (χ1v) is 7.78. The Hall–Kier alpha value is -3.61. The van der Waals surface area contributed by atoms with Crippen molar-refractivity contribution >= 4 is 29.6 Å². The number of likely N-dealkylation sites (N-methyl/N-ethyl adjacent to an activating group) is 1. The van der Waals surface area contributed by atoms with Crippen molar-refractivity contribution in [1.29, 1.82) is 5.41 Å². The fourth-order valence-electron chi connectivity index (χ4n) is 1.97. The van der Waals surface area contributed by atoms with Gasteiger partial charge in [-0.25, -0.2) is 4.79 Å². The second-order valence-corrected chi connectivity index (χ2v) is 5.64. The Morgan fingerprint density at radius 2 is 1.69 bits per heavy atom. The fourth-order valence-corrected chi connectivity index (χ4v) is 1.97. The molecule has 7 heteroatoms. The topological polar surface area (TPSA) is 109 Å². The van der Waals surface area contributed by atoms with E-state index in [1.807, 2.05) is 0 Å². The Kier molecular flexibility index (Phi) is 6.10. The average Bonchev–Trinajstić information content (AvgIpc) is 2.60. The standard InChI is InChI=1S/C19H20N4O3/c1-23(2)17(24)12-5-13-3-10-16(11-4-13)26-18(25)14-6-8-15(9-7-14)22-19(20)21/h3-12H,1-2H3,(H4,20,21,22). The number of nitrogens with one attached hydrogen (secondary N) is 2. The summed E-state index contributed by atoms with van der Waals surface area (Å²) in [5.74, 6) is -0.382. The number of nitrogens with two attached hydrogens (primary N) is 1. The molecule has 134 valence electrons. The van der Waals surface area contributed by atoms with Crippen LogP contribution in [-0.2, 0) is 4.79 Å². The average molecular weight is 352 g/mol. The van der Waals surface area contributed by atoms with Gasteiger partial charge in [0.05, 0.1) is 5.56 Å². The number of benzene rings is 2. The highest BCUT2D eigenvalue weighted by Gasteiger charge is 2.08. The second-order valence-electron chi connectivity index (χ2n) is 5.64. The van der Waals surface area contributed by atoms with Crippen LogP contribution in [0.2, 0.25) is 0 Å². The minimum atomic E-state index is -0.495. The van der Waals surface area contributed by atoms with Gasteiger partial charge >= 0.3 is 5.97 Å². The van der Waals surface area contributed by atoms with Gasteiger partial charge in [-0.05, 0) is 48.0 Å². The van der Waals surface area contributed by atoms with Crippen LogP contribution in [0.1, 0.15) is 15.9 Å². The van der Waals surface area contributed by atoms with Crippen LogP contribution in [0.4, 0.5) is 5.69 Å². The zero-order valence-corrected chi connectivity index (χ0v) is 14.5. The van der Waals surface area contributed by atoms with Crippen LogP contribution in [-0.4, -0.2) is 36.8 Å². The summed E-state index contributed by atoms with van der Waals surface area (Å²) < 4.78 is 5.31. The van der Waals surface area contributed by atoms with Crippen molar-refractivity contribution < 1.29 is 14.3 Å². The summed E-state index contributed by atoms with van der Waals surface area (Å²) in [6, 6.07) is 13.2. The van der Waals surface area contributed by atoms with Crippen molar-refractivity contribution in [2.45, 2.75) is 0 Å². The van der Waals surface area contributed by atoms with Gasteiger partial charge in [-0.3, -0.25) is 10.2 Å². The molecule has 2 aromatic carbocycles. The number of carbonyl (C=O) groups excluding carboxylic acids is 2. The van der Waals surface area contributed by atoms with Gasteiger partial charge in [0, 0.05) is 25.9 Å². The first-order valence-electron chi connectivity index (χ1n) is 7.78. The van der Waals surface area contributed by atoms with E-state index in [9.17, 15) is 9.59 Å². The molecule has 0 aliphatic carbocycles. The number of hydrogen-bond acceptors (Lipinski definition) is 4. The summed E-state index contributed by atoms with van der Waals surface area (Å²) >= 11 is 0. The number of ether oxygens (including phenoxy) is 1. The van der Waals surface area contributed by atoms with Crippen molar-refractivity contribution in [3.8, 4) is 5.75 Å². The van der Waals surface area contributed by atoms with E-state index in [-0.39, 0.29) is 11.9 Å². The Bertz CT molecular complexity index is 825. The highest BCUT2D eigenvalue weighted by atomic mass is 16.5. The van der Waals surface area contributed by atoms with Crippen molar-refractivity contribution in [3.05, 3.63) is 65.7 Å². The van der Waals surface area contributed by atoms with Crippen molar-refractivity contribution in [2.75, 3.05) is 19.4 Å². The van der Waals surface area contributed by atoms with Crippen LogP contribution in [0.25, 0.3) is 6.08 Å². The molecule has 4 N–H and O–H groups in total. The van der Waals surface area contributed by atoms with E-state index in [4.69, 9.17) is 15.9 Å². The number of carbonyl (C=O) groups is 2. The molecule has 0 saturated heterocycles. The number of esters is 1. The molecule has 0 aliphatic heterocycles. The lowest BCUT2D eigenvalue weighted by atomic mass is 10.2. The quantitative estimate of drug-likeness (QED) is 0.252. The van der Waals surface area contributed by atoms with Crippen molar-refractivity contribution in [3.63, 3.8) is 0 Å². The largest absolute Gasteiger partial charge is 0.423 e. The van der Waals surface area contributed by atoms with Gasteiger partial charge in [0.15, 0.2) is 5.96 Å². The highest BCUT2D eigenvalue weighted by molar-refractivity contribution is 5.93. The molecular formula is C19H20N4O3. The van der Waals surface area contributed by atoms with Crippen LogP contribution in [0, 0.1) is 5.41 Å². The van der Waals surface area contributed by atoms with Gasteiger partial charge in [0.25, 0.3) is 0 Å². The molecule has 0 fully saturated rings. The third-order valence-corrected chi connectivity index (χ3v) is 3.35. The van der Waals surface area contributed by atoms with Gasteiger partial charge in [-0.1, -0.05) is 12.1 Å². The maximum absolute atomic E-state index is 12.1. The summed E-state index contributed by atoms with van der Waals surface area (Å²) in [6.07, 6.45) is 3.16. The van der Waals surface area contributed by atoms with Crippen LogP contribution in [0.3, 0.4) is 0 Å². The monoisotopic (exact) mass is 352 g/mol. The molecular weight excluding hydrogens is 332 g/mol. The number of anilines is 1. The van der Waals surface area contributed by atoms with E-state index in [0.717, 1.165) is 5.56 Å². The normalized spacial score (nSPS) is 10.4. The summed E-state index contributed by atoms with van der Waals surface area (Å²) in [6.45, 7) is 0. The Morgan fingerprint density at radius 1 is 1.08 bits per heavy atom. The molecule has 2 aromatic rings. The molecule has 0 aliphatic rings. The molecule has 0 atom stereocenters. The SMILES string of the molecule is CN(C)C(=O)C=Cc1ccc(OC(=O)c2ccc(NC(=N)N)cc2)cc1. The number of hydrogen-bond donors (Lipinski definition) is 3. The fraction of sp³-hybridized carbons (Fsp3) is 0.105. The first kappa shape index (κ1) is 18.7. The molecule has 0 spiro atoms. The molecule has 1 amide bonds. The van der Waals surface area contributed by atoms with Gasteiger partial charge in [0.2, 0.25) is 5.91 Å². The molecule has 0 aromatic heterocycles. The van der Waals surface area contributed by atoms with Crippen LogP contribution in [0.5, 0.6) is 5.75 Å². The van der Waals surface area contributed by atoms with Gasteiger partial charge in [-0.2, -0.15) is 0 Å². The van der Waals surface area contributed by atoms with E-state index < -0.39 is 5.97 Å². The minimum absolute atomic E-state index is 0.108. The van der Waals surface area contributed by atoms with Gasteiger partial charge in [-0.15, -0.1) is 0 Å². The van der Waals surface area contributed by atoms with E-state index in [1.165, 1.54) is 11.0 Å². The third-order valence-electron chi connectivity index (χ3n) is 3.35. The smallest absolute Gasteiger partial charge is 0.343 e. The number of guanidine groups is 1. The zero-order valence-electron chi connectivity index (χ0n) is 14.5. The van der Waals surface area contributed by atoms with Crippen LogP contribution >= 0.6 is 0 Å². The maximum Gasteiger partial charge on any atom is 0.343 e. The number of nitrogens with zero attached hydrogens (tertiary/aromatic N) is 1.